The van der Waals surface area contributed by atoms with Gasteiger partial charge in [0, 0.05) is 16.9 Å². The molecule has 1 saturated heterocycles. The lowest BCUT2D eigenvalue weighted by molar-refractivity contribution is -0.767. The van der Waals surface area contributed by atoms with Crippen molar-refractivity contribution in [1.82, 2.24) is 24.9 Å². The zero-order chi connectivity index (χ0) is 32.4. The molecule has 0 saturated carbocycles. The summed E-state index contributed by atoms with van der Waals surface area (Å²) in [6.45, 7) is 0.125. The third-order valence-corrected chi connectivity index (χ3v) is 10.9. The quantitative estimate of drug-likeness (QED) is 0.0432. The molecule has 17 nitrogen and oxygen atoms in total. The Bertz CT molecular complexity index is 1730. The summed E-state index contributed by atoms with van der Waals surface area (Å²) in [5.41, 5.74) is 12.1. The molecule has 8 N–H and O–H groups in total. The first-order valence-corrected chi connectivity index (χ1v) is 16.6. The van der Waals surface area contributed by atoms with E-state index < -0.39 is 35.2 Å². The average molecular weight is 697 g/mol. The monoisotopic (exact) mass is 696 g/mol. The molecular formula is C24H26N9O8S4+. The van der Waals surface area contributed by atoms with Crippen LogP contribution in [0.3, 0.4) is 0 Å². The Balaban J connectivity index is 1.30. The van der Waals surface area contributed by atoms with Gasteiger partial charge in [-0.2, -0.15) is 0 Å². The van der Waals surface area contributed by atoms with E-state index in [4.69, 9.17) is 16.3 Å². The predicted molar refractivity (Wildman–Crippen MR) is 165 cm³/mol. The molecule has 0 aliphatic carbocycles. The highest BCUT2D eigenvalue weighted by Gasteiger charge is 2.54. The molecule has 1 fully saturated rings. The number of aliphatic carboxylic acids is 1. The Hall–Kier alpha value is -4.18. The van der Waals surface area contributed by atoms with E-state index >= 15 is 0 Å². The number of β-lactam (4-membered cyclic amide) rings is 1. The number of aromatic nitrogens is 4. The number of carbonyl (C=O) groups excluding carboxylic acids is 2. The number of aliphatic hydroxyl groups is 1. The number of thiazole rings is 2. The zero-order valence-electron chi connectivity index (χ0n) is 23.3. The van der Waals surface area contributed by atoms with Crippen LogP contribution < -0.4 is 21.5 Å². The van der Waals surface area contributed by atoms with Crippen molar-refractivity contribution in [1.29, 1.82) is 0 Å². The van der Waals surface area contributed by atoms with Gasteiger partial charge in [-0.3, -0.25) is 14.5 Å². The van der Waals surface area contributed by atoms with Gasteiger partial charge in [0.2, 0.25) is 6.54 Å². The Morgan fingerprint density at radius 3 is 2.69 bits per heavy atom. The molecule has 45 heavy (non-hydrogen) atoms. The van der Waals surface area contributed by atoms with Gasteiger partial charge in [0.05, 0.1) is 12.7 Å². The van der Waals surface area contributed by atoms with Crippen molar-refractivity contribution < 1.29 is 44.0 Å². The molecule has 0 bridgehead atoms. The molecule has 2 aliphatic rings. The third-order valence-electron chi connectivity index (χ3n) is 6.59. The first-order valence-electron chi connectivity index (χ1n) is 12.9. The second-order valence-corrected chi connectivity index (χ2v) is 13.6. The van der Waals surface area contributed by atoms with Gasteiger partial charge in [-0.1, -0.05) is 16.9 Å². The molecule has 3 aromatic heterocycles. The van der Waals surface area contributed by atoms with Gasteiger partial charge in [-0.05, 0) is 5.57 Å². The van der Waals surface area contributed by atoms with Gasteiger partial charge < -0.3 is 36.9 Å². The fourth-order valence-electron chi connectivity index (χ4n) is 4.63. The summed E-state index contributed by atoms with van der Waals surface area (Å²) in [6, 6.07) is 0.614. The molecule has 21 heteroatoms. The Morgan fingerprint density at radius 2 is 2.04 bits per heavy atom. The molecule has 5 rings (SSSR count). The van der Waals surface area contributed by atoms with E-state index in [9.17, 15) is 34.5 Å². The second kappa shape index (κ2) is 13.4. The lowest BCUT2D eigenvalue weighted by Crippen LogP contribution is -2.71. The first kappa shape index (κ1) is 32.2. The van der Waals surface area contributed by atoms with E-state index in [1.807, 2.05) is 0 Å². The Kier molecular flexibility index (Phi) is 9.62. The average Bonchev–Trinajstić information content (AvgIpc) is 3.72. The van der Waals surface area contributed by atoms with Crippen molar-refractivity contribution in [2.24, 2.45) is 5.16 Å². The molecule has 0 radical (unpaired) electrons. The number of nitrogen functional groups attached to an aromatic ring is 2. The number of carboxylic acids is 2. The number of aromatic carboxylic acids is 1. The van der Waals surface area contributed by atoms with Gasteiger partial charge in [-0.15, -0.1) is 43.8 Å². The first-order chi connectivity index (χ1) is 21.5. The number of carbonyl (C=O) groups is 4. The van der Waals surface area contributed by atoms with Gasteiger partial charge in [-0.25, -0.2) is 19.6 Å². The lowest BCUT2D eigenvalue weighted by atomic mass is 10.0. The van der Waals surface area contributed by atoms with Crippen LogP contribution >= 0.6 is 46.2 Å². The van der Waals surface area contributed by atoms with Gasteiger partial charge in [0.25, 0.3) is 11.8 Å². The van der Waals surface area contributed by atoms with Crippen molar-refractivity contribution in [2.75, 3.05) is 36.7 Å². The minimum absolute atomic E-state index is 0.0130. The highest BCUT2D eigenvalue weighted by atomic mass is 32.2. The van der Waals surface area contributed by atoms with E-state index in [1.165, 1.54) is 24.3 Å². The van der Waals surface area contributed by atoms with Crippen LogP contribution in [-0.2, 0) is 32.3 Å². The van der Waals surface area contributed by atoms with Crippen LogP contribution in [-0.4, -0.2) is 101 Å². The van der Waals surface area contributed by atoms with Crippen LogP contribution in [0.1, 0.15) is 21.1 Å². The maximum atomic E-state index is 13.1. The highest BCUT2D eigenvalue weighted by molar-refractivity contribution is 8.01. The largest absolute Gasteiger partial charge is 0.477 e. The van der Waals surface area contributed by atoms with Crippen LogP contribution in [0.15, 0.2) is 38.4 Å². The fraction of sp³-hybridized carbons (Fsp3) is 0.333. The smallest absolute Gasteiger partial charge is 0.352 e. The highest BCUT2D eigenvalue weighted by Crippen LogP contribution is 2.42. The van der Waals surface area contributed by atoms with Crippen LogP contribution in [0.2, 0.25) is 0 Å². The van der Waals surface area contributed by atoms with Crippen molar-refractivity contribution in [3.05, 3.63) is 45.2 Å². The molecular weight excluding hydrogens is 671 g/mol. The zero-order valence-corrected chi connectivity index (χ0v) is 26.5. The minimum atomic E-state index is -1.31. The molecule has 238 valence electrons. The standard InChI is InChI=1S/C24H25N9O8S4/c1-41-30-14(12-9-43-23(26)27-12)18(35)29-15-19(36)33-16(21(37)38)10(7-42-20(15)33)8-44-24-28-11(17(45-24)22(39)40)6-31-3-2-13(25)32(31)4-5-34/h2-3,9,15,20,25,34H,4-8H2,1H3,(H5,26,27,29,35,37,38,39,40)/p+1/b30-14-/t15-,20?/m1/s1. The number of nitrogens with two attached hydrogens (primary N) is 2. The summed E-state index contributed by atoms with van der Waals surface area (Å²) in [5.74, 6) is -3.06. The number of nitrogens with one attached hydrogen (secondary N) is 1. The SMILES string of the molecule is CO/N=C(\C(=O)N[C@@H]1C(=O)N2C(C(=O)O)=C(CSc3nc(C[n+]4ccc(N)n4CCO)c(C(=O)O)s3)CSC12)c1csc(N)n1. The number of anilines is 2. The van der Waals surface area contributed by atoms with Crippen molar-refractivity contribution in [3.8, 4) is 0 Å². The number of aliphatic hydroxyl groups excluding tert-OH is 1. The summed E-state index contributed by atoms with van der Waals surface area (Å²) < 4.78 is 3.64. The second-order valence-electron chi connectivity index (χ2n) is 9.35. The summed E-state index contributed by atoms with van der Waals surface area (Å²) in [4.78, 5) is 64.8. The van der Waals surface area contributed by atoms with E-state index in [0.717, 1.165) is 39.3 Å². The van der Waals surface area contributed by atoms with Crippen molar-refractivity contribution in [2.45, 2.75) is 28.8 Å². The third kappa shape index (κ3) is 6.47. The van der Waals surface area contributed by atoms with E-state index in [2.05, 4.69) is 20.4 Å². The molecule has 2 amide bonds. The topological polar surface area (TPSA) is 252 Å². The fourth-order valence-corrected chi connectivity index (χ4v) is 8.67. The van der Waals surface area contributed by atoms with Crippen LogP contribution in [0.5, 0.6) is 0 Å². The van der Waals surface area contributed by atoms with Gasteiger partial charge >= 0.3 is 11.9 Å². The lowest BCUT2D eigenvalue weighted by Gasteiger charge is -2.49. The van der Waals surface area contributed by atoms with E-state index in [-0.39, 0.29) is 64.0 Å². The number of thioether (sulfide) groups is 2. The van der Waals surface area contributed by atoms with Crippen LogP contribution in [0.4, 0.5) is 10.9 Å². The number of hydrogen-bond donors (Lipinski definition) is 6. The number of fused-ring (bicyclic) bond motifs is 1. The van der Waals surface area contributed by atoms with Crippen LogP contribution in [0, 0.1) is 0 Å². The molecule has 2 atom stereocenters. The van der Waals surface area contributed by atoms with E-state index in [1.54, 1.807) is 21.6 Å². The molecule has 2 aliphatic heterocycles. The van der Waals surface area contributed by atoms with Crippen molar-refractivity contribution >= 4 is 86.6 Å². The number of carboxylic acid groups (broad SMARTS) is 2. The number of rotatable bonds is 13. The number of amides is 2. The van der Waals surface area contributed by atoms with Gasteiger partial charge in [0.15, 0.2) is 27.2 Å². The van der Waals surface area contributed by atoms with E-state index in [0.29, 0.717) is 15.7 Å². The normalized spacial score (nSPS) is 18.0. The molecule has 0 spiro atoms. The number of nitrogens with zero attached hydrogens (tertiary/aromatic N) is 6. The molecule has 0 aromatic carbocycles. The van der Waals surface area contributed by atoms with Crippen molar-refractivity contribution in [3.63, 3.8) is 0 Å². The minimum Gasteiger partial charge on any atom is -0.477 e. The summed E-state index contributed by atoms with van der Waals surface area (Å²) in [7, 11) is 1.25. The van der Waals surface area contributed by atoms with Gasteiger partial charge in [0.1, 0.15) is 47.0 Å². The Morgan fingerprint density at radius 1 is 1.27 bits per heavy atom. The summed E-state index contributed by atoms with van der Waals surface area (Å²) >= 11 is 4.48. The Labute approximate surface area is 270 Å². The summed E-state index contributed by atoms with van der Waals surface area (Å²) in [6.07, 6.45) is 1.66. The molecule has 3 aromatic rings. The predicted octanol–water partition coefficient (Wildman–Crippen LogP) is -0.527. The summed E-state index contributed by atoms with van der Waals surface area (Å²) in [5, 5.41) is 36.5. The van der Waals surface area contributed by atoms with Crippen LogP contribution in [0.25, 0.3) is 0 Å². The maximum Gasteiger partial charge on any atom is 0.352 e. The molecule has 5 heterocycles. The maximum absolute atomic E-state index is 13.1. The number of oxime groups is 1. The number of hydrogen-bond acceptors (Lipinski definition) is 15. The molecule has 1 unspecified atom stereocenters.